The second-order valence-electron chi connectivity index (χ2n) is 7.49. The highest BCUT2D eigenvalue weighted by atomic mass is 79.9. The monoisotopic (exact) mass is 490 g/mol. The Morgan fingerprint density at radius 2 is 1.67 bits per heavy atom. The number of nitrogens with zero attached hydrogens (tertiary/aromatic N) is 4. The molecule has 7 nitrogen and oxygen atoms in total. The molecule has 1 aliphatic heterocycles. The van der Waals surface area contributed by atoms with Crippen LogP contribution >= 0.6 is 15.9 Å². The van der Waals surface area contributed by atoms with E-state index in [0.29, 0.717) is 53.8 Å². The molecule has 0 N–H and O–H groups in total. The molecule has 2 aromatic carbocycles. The molecule has 4 rings (SSSR count). The summed E-state index contributed by atoms with van der Waals surface area (Å²) in [5, 5.41) is 4.07. The summed E-state index contributed by atoms with van der Waals surface area (Å²) >= 11 is 3.39. The topological polar surface area (TPSA) is 79.5 Å². The van der Waals surface area contributed by atoms with E-state index in [0.717, 1.165) is 11.1 Å². The smallest absolute Gasteiger partial charge is 0.244 e. The summed E-state index contributed by atoms with van der Waals surface area (Å²) in [6.45, 7) is 6.50. The van der Waals surface area contributed by atoms with Gasteiger partial charge in [0.15, 0.2) is 0 Å². The van der Waals surface area contributed by atoms with Crippen LogP contribution in [-0.4, -0.2) is 53.9 Å². The van der Waals surface area contributed by atoms with E-state index in [4.69, 9.17) is 4.52 Å². The highest BCUT2D eigenvalue weighted by molar-refractivity contribution is 9.10. The maximum atomic E-state index is 13.0. The maximum Gasteiger partial charge on any atom is 0.244 e. The molecule has 1 aliphatic rings. The quantitative estimate of drug-likeness (QED) is 0.543. The van der Waals surface area contributed by atoms with Gasteiger partial charge in [-0.05, 0) is 47.5 Å². The van der Waals surface area contributed by atoms with Gasteiger partial charge >= 0.3 is 0 Å². The van der Waals surface area contributed by atoms with Crippen LogP contribution in [-0.2, 0) is 16.6 Å². The highest BCUT2D eigenvalue weighted by Crippen LogP contribution is 2.27. The fraction of sp³-hybridized carbons (Fsp3) is 0.333. The number of hydrogen-bond donors (Lipinski definition) is 0. The SMILES string of the molecule is Cc1ccc(-c2noc(CN3CCN(S(=O)(=O)c4ccc(C)cc4Br)CC3)n2)cc1. The van der Waals surface area contributed by atoms with Crippen LogP contribution in [0.5, 0.6) is 0 Å². The summed E-state index contributed by atoms with van der Waals surface area (Å²) < 4.78 is 33.5. The molecule has 1 fully saturated rings. The van der Waals surface area contributed by atoms with Crippen LogP contribution in [0.15, 0.2) is 56.4 Å². The lowest BCUT2D eigenvalue weighted by Crippen LogP contribution is -2.48. The lowest BCUT2D eigenvalue weighted by Gasteiger charge is -2.33. The van der Waals surface area contributed by atoms with Crippen LogP contribution in [0.3, 0.4) is 0 Å². The normalized spacial score (nSPS) is 16.1. The second kappa shape index (κ2) is 8.58. The number of rotatable bonds is 5. The zero-order chi connectivity index (χ0) is 21.3. The van der Waals surface area contributed by atoms with Crippen LogP contribution < -0.4 is 0 Å². The van der Waals surface area contributed by atoms with Crippen molar-refractivity contribution < 1.29 is 12.9 Å². The van der Waals surface area contributed by atoms with Gasteiger partial charge in [0.2, 0.25) is 21.7 Å². The van der Waals surface area contributed by atoms with E-state index in [9.17, 15) is 8.42 Å². The first-order valence-electron chi connectivity index (χ1n) is 9.71. The maximum absolute atomic E-state index is 13.0. The molecule has 158 valence electrons. The number of benzene rings is 2. The molecule has 0 radical (unpaired) electrons. The van der Waals surface area contributed by atoms with E-state index in [-0.39, 0.29) is 0 Å². The van der Waals surface area contributed by atoms with Crippen molar-refractivity contribution in [1.82, 2.24) is 19.3 Å². The number of halogens is 1. The Morgan fingerprint density at radius 3 is 2.33 bits per heavy atom. The molecular weight excluding hydrogens is 468 g/mol. The van der Waals surface area contributed by atoms with E-state index in [1.165, 1.54) is 9.87 Å². The van der Waals surface area contributed by atoms with E-state index in [1.54, 1.807) is 6.07 Å². The van der Waals surface area contributed by atoms with Gasteiger partial charge in [-0.2, -0.15) is 9.29 Å². The van der Waals surface area contributed by atoms with E-state index >= 15 is 0 Å². The van der Waals surface area contributed by atoms with Crippen molar-refractivity contribution >= 4 is 26.0 Å². The van der Waals surface area contributed by atoms with Crippen molar-refractivity contribution in [2.75, 3.05) is 26.2 Å². The average molecular weight is 491 g/mol. The fourth-order valence-electron chi connectivity index (χ4n) is 3.41. The zero-order valence-electron chi connectivity index (χ0n) is 16.9. The van der Waals surface area contributed by atoms with Crippen molar-refractivity contribution in [3.05, 3.63) is 64.0 Å². The average Bonchev–Trinajstić information content (AvgIpc) is 3.17. The van der Waals surface area contributed by atoms with Crippen LogP contribution in [0.4, 0.5) is 0 Å². The lowest BCUT2D eigenvalue weighted by atomic mass is 10.1. The van der Waals surface area contributed by atoms with Gasteiger partial charge in [0, 0.05) is 36.2 Å². The molecule has 0 amide bonds. The largest absolute Gasteiger partial charge is 0.338 e. The standard InChI is InChI=1S/C21H23BrN4O3S/c1-15-3-6-17(7-4-15)21-23-20(29-24-21)14-25-9-11-26(12-10-25)30(27,28)19-8-5-16(2)13-18(19)22/h3-8,13H,9-12,14H2,1-2H3. The Bertz CT molecular complexity index is 1140. The molecule has 0 saturated carbocycles. The minimum absolute atomic E-state index is 0.307. The predicted molar refractivity (Wildman–Crippen MR) is 117 cm³/mol. The zero-order valence-corrected chi connectivity index (χ0v) is 19.3. The Balaban J connectivity index is 1.38. The first kappa shape index (κ1) is 21.2. The summed E-state index contributed by atoms with van der Waals surface area (Å²) in [4.78, 5) is 6.92. The summed E-state index contributed by atoms with van der Waals surface area (Å²) in [7, 11) is -3.53. The van der Waals surface area contributed by atoms with Crippen LogP contribution in [0.25, 0.3) is 11.4 Å². The summed E-state index contributed by atoms with van der Waals surface area (Å²) in [6.07, 6.45) is 0. The van der Waals surface area contributed by atoms with Gasteiger partial charge in [-0.15, -0.1) is 0 Å². The third kappa shape index (κ3) is 4.49. The van der Waals surface area contributed by atoms with Gasteiger partial charge in [-0.3, -0.25) is 4.90 Å². The number of hydrogen-bond acceptors (Lipinski definition) is 6. The summed E-state index contributed by atoms with van der Waals surface area (Å²) in [5.41, 5.74) is 3.10. The molecule has 0 spiro atoms. The van der Waals surface area contributed by atoms with Gasteiger partial charge in [-0.25, -0.2) is 8.42 Å². The molecule has 0 atom stereocenters. The first-order valence-corrected chi connectivity index (χ1v) is 11.9. The Hall–Kier alpha value is -2.07. The third-order valence-corrected chi connectivity index (χ3v) is 8.05. The van der Waals surface area contributed by atoms with Crippen LogP contribution in [0.1, 0.15) is 17.0 Å². The minimum Gasteiger partial charge on any atom is -0.338 e. The fourth-order valence-corrected chi connectivity index (χ4v) is 5.99. The summed E-state index contributed by atoms with van der Waals surface area (Å²) in [5.74, 6) is 1.10. The molecule has 1 saturated heterocycles. The molecule has 0 unspecified atom stereocenters. The van der Waals surface area contributed by atoms with Crippen LogP contribution in [0.2, 0.25) is 0 Å². The van der Waals surface area contributed by atoms with Gasteiger partial charge in [0.05, 0.1) is 11.4 Å². The number of sulfonamides is 1. The van der Waals surface area contributed by atoms with Crippen molar-refractivity contribution in [2.45, 2.75) is 25.3 Å². The second-order valence-corrected chi connectivity index (χ2v) is 10.3. The Kier molecular flexibility index (Phi) is 6.06. The van der Waals surface area contributed by atoms with E-state index < -0.39 is 10.0 Å². The number of aryl methyl sites for hydroxylation is 2. The van der Waals surface area contributed by atoms with Crippen molar-refractivity contribution in [3.8, 4) is 11.4 Å². The van der Waals surface area contributed by atoms with Gasteiger partial charge < -0.3 is 4.52 Å². The summed E-state index contributed by atoms with van der Waals surface area (Å²) in [6, 6.07) is 13.3. The molecule has 30 heavy (non-hydrogen) atoms. The lowest BCUT2D eigenvalue weighted by molar-refractivity contribution is 0.163. The number of aromatic nitrogens is 2. The Morgan fingerprint density at radius 1 is 1.00 bits per heavy atom. The minimum atomic E-state index is -3.53. The Labute approximate surface area is 184 Å². The first-order chi connectivity index (χ1) is 14.3. The van der Waals surface area contributed by atoms with E-state index in [2.05, 4.69) is 31.0 Å². The van der Waals surface area contributed by atoms with Crippen molar-refractivity contribution in [2.24, 2.45) is 0 Å². The van der Waals surface area contributed by atoms with Crippen LogP contribution in [0, 0.1) is 13.8 Å². The van der Waals surface area contributed by atoms with E-state index in [1.807, 2.05) is 50.2 Å². The van der Waals surface area contributed by atoms with Crippen molar-refractivity contribution in [1.29, 1.82) is 0 Å². The number of piperazine rings is 1. The van der Waals surface area contributed by atoms with Gasteiger partial charge in [0.25, 0.3) is 0 Å². The molecular formula is C21H23BrN4O3S. The molecule has 1 aromatic heterocycles. The third-order valence-electron chi connectivity index (χ3n) is 5.17. The van der Waals surface area contributed by atoms with Crippen molar-refractivity contribution in [3.63, 3.8) is 0 Å². The molecule has 3 aromatic rings. The highest BCUT2D eigenvalue weighted by Gasteiger charge is 2.30. The molecule has 0 aliphatic carbocycles. The van der Waals surface area contributed by atoms with Gasteiger partial charge in [0.1, 0.15) is 0 Å². The van der Waals surface area contributed by atoms with Gasteiger partial charge in [-0.1, -0.05) is 41.1 Å². The molecule has 9 heteroatoms. The molecule has 2 heterocycles. The molecule has 0 bridgehead atoms. The predicted octanol–water partition coefficient (Wildman–Crippen LogP) is 3.62.